The Morgan fingerprint density at radius 3 is 1.35 bits per heavy atom. The number of hydrogen-bond acceptors (Lipinski definition) is 1. The van der Waals surface area contributed by atoms with Crippen molar-refractivity contribution in [1.82, 2.24) is 4.57 Å². The monoisotopic (exact) mass is 994 g/mol. The van der Waals surface area contributed by atoms with Crippen LogP contribution in [0.3, 0.4) is 0 Å². The average molecular weight is 995 g/mol. The Morgan fingerprint density at radius 2 is 0.740 bits per heavy atom. The van der Waals surface area contributed by atoms with Crippen molar-refractivity contribution in [2.45, 2.75) is 0 Å². The van der Waals surface area contributed by atoms with E-state index in [9.17, 15) is 0 Å². The van der Waals surface area contributed by atoms with Gasteiger partial charge in [0.05, 0.1) is 16.7 Å². The van der Waals surface area contributed by atoms with Crippen LogP contribution in [-0.2, 0) is 0 Å². The van der Waals surface area contributed by atoms with E-state index in [-0.39, 0.29) is 0 Å². The topological polar surface area (TPSA) is 8.17 Å². The number of benzene rings is 13. The van der Waals surface area contributed by atoms with Crippen LogP contribution >= 0.6 is 0 Å². The first kappa shape index (κ1) is 44.7. The predicted octanol–water partition coefficient (Wildman–Crippen LogP) is 16.9. The van der Waals surface area contributed by atoms with Gasteiger partial charge in [0.1, 0.15) is 0 Å². The molecule has 14 aromatic rings. The first-order chi connectivity index (χ1) is 38.2. The van der Waals surface area contributed by atoms with Crippen molar-refractivity contribution in [3.8, 4) is 50.2 Å². The van der Waals surface area contributed by atoms with E-state index in [4.69, 9.17) is 0 Å². The summed E-state index contributed by atoms with van der Waals surface area (Å²) in [5, 5.41) is 13.0. The summed E-state index contributed by atoms with van der Waals surface area (Å²) in [5.41, 5.74) is 16.5. The lowest BCUT2D eigenvalue weighted by atomic mass is 9.95. The fraction of sp³-hybridized carbons (Fsp3) is 0. The third kappa shape index (κ3) is 7.16. The van der Waals surface area contributed by atoms with Crippen LogP contribution in [0.5, 0.6) is 0 Å². The van der Waals surface area contributed by atoms with Crippen LogP contribution in [0.2, 0.25) is 0 Å². The molecule has 2 nitrogen and oxygen atoms in total. The summed E-state index contributed by atoms with van der Waals surface area (Å²) in [4.78, 5) is 2.50. The number of para-hydroxylation sites is 2. The van der Waals surface area contributed by atoms with Gasteiger partial charge in [-0.2, -0.15) is 0 Å². The quantitative estimate of drug-likeness (QED) is 0.131. The van der Waals surface area contributed by atoms with Gasteiger partial charge >= 0.3 is 0 Å². The number of nitrogens with zero attached hydrogens (tertiary/aromatic N) is 2. The second-order valence-electron chi connectivity index (χ2n) is 20.3. The lowest BCUT2D eigenvalue weighted by Gasteiger charge is -2.32. The van der Waals surface area contributed by atoms with Crippen molar-refractivity contribution in [3.63, 3.8) is 0 Å². The predicted molar refractivity (Wildman–Crippen MR) is 329 cm³/mol. The number of aromatic nitrogens is 1. The van der Waals surface area contributed by atoms with Crippen molar-refractivity contribution < 1.29 is 0 Å². The van der Waals surface area contributed by atoms with Crippen LogP contribution in [0.4, 0.5) is 17.1 Å². The number of hydrogen-bond donors (Lipinski definition) is 0. The van der Waals surface area contributed by atoms with E-state index in [0.29, 0.717) is 0 Å². The van der Waals surface area contributed by atoms with Crippen molar-refractivity contribution >= 4 is 89.2 Å². The van der Waals surface area contributed by atoms with E-state index in [1.54, 1.807) is 0 Å². The molecule has 1 aromatic heterocycles. The van der Waals surface area contributed by atoms with Crippen LogP contribution in [0, 0.1) is 0 Å². The summed E-state index contributed by atoms with van der Waals surface area (Å²) in [5.74, 6) is 0. The summed E-state index contributed by atoms with van der Waals surface area (Å²) < 4.78 is 2.45. The minimum absolute atomic E-state index is 1.07. The molecule has 13 aromatic carbocycles. The van der Waals surface area contributed by atoms with Gasteiger partial charge in [0.2, 0.25) is 0 Å². The Kier molecular flexibility index (Phi) is 10.6. The summed E-state index contributed by atoms with van der Waals surface area (Å²) >= 11 is 0. The van der Waals surface area contributed by atoms with E-state index < -0.39 is 8.07 Å². The molecule has 1 aliphatic rings. The van der Waals surface area contributed by atoms with Crippen molar-refractivity contribution in [3.05, 3.63) is 303 Å². The van der Waals surface area contributed by atoms with Crippen LogP contribution in [-0.4, -0.2) is 12.6 Å². The molecule has 0 N–H and O–H groups in total. The minimum Gasteiger partial charge on any atom is -0.310 e. The zero-order chi connectivity index (χ0) is 50.9. The van der Waals surface area contributed by atoms with Gasteiger partial charge in [-0.3, -0.25) is 0 Å². The van der Waals surface area contributed by atoms with Crippen LogP contribution in [0.1, 0.15) is 0 Å². The Balaban J connectivity index is 1.02. The minimum atomic E-state index is -2.83. The maximum Gasteiger partial charge on any atom is 0.180 e. The van der Waals surface area contributed by atoms with Gasteiger partial charge in [-0.05, 0) is 136 Å². The first-order valence-electron chi connectivity index (χ1n) is 26.7. The second kappa shape index (κ2) is 18.2. The number of rotatable bonds is 9. The molecule has 2 heterocycles. The highest BCUT2D eigenvalue weighted by molar-refractivity contribution is 7.22. The van der Waals surface area contributed by atoms with Crippen molar-refractivity contribution in [1.29, 1.82) is 0 Å². The lowest BCUT2D eigenvalue weighted by molar-refractivity contribution is 1.18. The van der Waals surface area contributed by atoms with Gasteiger partial charge in [0, 0.05) is 33.4 Å². The molecule has 0 spiro atoms. The third-order valence-electron chi connectivity index (χ3n) is 16.3. The standard InChI is InChI=1S/C74H50N2Si/c1-4-24-56(25-5-1)76-70-36-16-14-32-65(70)69-49-68(55-42-47-67-66-33-15-17-37-73(66)77(74(67)48-55,59-26-6-2-7-27-59)60-28-8-3-9-29-60)71(50-72(69)76)75(57-43-38-53(39-44-57)63-34-18-22-51-20-10-12-30-61(51)63)58-45-40-54(41-46-58)64-35-19-23-52-21-11-13-31-62(52)64/h1-50H. The maximum atomic E-state index is 2.58. The Bertz CT molecular complexity index is 4370. The highest BCUT2D eigenvalue weighted by atomic mass is 28.3. The zero-order valence-electron chi connectivity index (χ0n) is 42.3. The van der Waals surface area contributed by atoms with E-state index in [0.717, 1.165) is 33.8 Å². The van der Waals surface area contributed by atoms with Gasteiger partial charge < -0.3 is 9.47 Å². The number of fused-ring (bicyclic) bond motifs is 8. The lowest BCUT2D eigenvalue weighted by Crippen LogP contribution is -2.72. The second-order valence-corrected chi connectivity index (χ2v) is 24.1. The van der Waals surface area contributed by atoms with Gasteiger partial charge in [-0.25, -0.2) is 0 Å². The summed E-state index contributed by atoms with van der Waals surface area (Å²) in [6.45, 7) is 0. The third-order valence-corrected chi connectivity index (χ3v) is 21.1. The highest BCUT2D eigenvalue weighted by Crippen LogP contribution is 2.47. The fourth-order valence-corrected chi connectivity index (χ4v) is 18.1. The molecular weight excluding hydrogens is 945 g/mol. The van der Waals surface area contributed by atoms with E-state index in [1.807, 2.05) is 0 Å². The van der Waals surface area contributed by atoms with Gasteiger partial charge in [-0.15, -0.1) is 0 Å². The van der Waals surface area contributed by atoms with Gasteiger partial charge in [0.15, 0.2) is 8.07 Å². The summed E-state index contributed by atoms with van der Waals surface area (Å²) in [6, 6.07) is 113. The smallest absolute Gasteiger partial charge is 0.180 e. The molecule has 0 fully saturated rings. The zero-order valence-corrected chi connectivity index (χ0v) is 43.3. The fourth-order valence-electron chi connectivity index (χ4n) is 12.8. The molecule has 77 heavy (non-hydrogen) atoms. The van der Waals surface area contributed by atoms with Crippen LogP contribution in [0.15, 0.2) is 303 Å². The molecule has 0 amide bonds. The van der Waals surface area contributed by atoms with E-state index in [1.165, 1.54) is 97.5 Å². The highest BCUT2D eigenvalue weighted by Gasteiger charge is 2.48. The molecule has 0 aliphatic carbocycles. The SMILES string of the molecule is c1ccc(-n2c3ccccc3c3cc(-c4ccc5c(c4)[Si](c4ccccc4)(c4ccccc4)c4ccccc4-5)c(N(c4ccc(-c5cccc6ccccc56)cc4)c4ccc(-c5cccc6ccccc56)cc4)cc32)cc1. The first-order valence-corrected chi connectivity index (χ1v) is 28.7. The molecule has 1 aliphatic heterocycles. The van der Waals surface area contributed by atoms with Crippen LogP contribution in [0.25, 0.3) is 93.5 Å². The molecule has 15 rings (SSSR count). The molecule has 0 radical (unpaired) electrons. The van der Waals surface area contributed by atoms with Crippen LogP contribution < -0.4 is 25.6 Å². The molecule has 0 atom stereocenters. The van der Waals surface area contributed by atoms with Gasteiger partial charge in [0.25, 0.3) is 0 Å². The Hall–Kier alpha value is -9.80. The van der Waals surface area contributed by atoms with E-state index in [2.05, 4.69) is 313 Å². The molecule has 0 saturated heterocycles. The summed E-state index contributed by atoms with van der Waals surface area (Å²) in [6.07, 6.45) is 0. The molecule has 0 bridgehead atoms. The Labute approximate surface area is 449 Å². The van der Waals surface area contributed by atoms with Gasteiger partial charge in [-0.1, -0.05) is 249 Å². The normalized spacial score (nSPS) is 12.5. The maximum absolute atomic E-state index is 2.83. The Morgan fingerprint density at radius 1 is 0.273 bits per heavy atom. The molecular formula is C74H50N2Si. The van der Waals surface area contributed by atoms with Crippen molar-refractivity contribution in [2.75, 3.05) is 4.90 Å². The average Bonchev–Trinajstić information content (AvgIpc) is 4.23. The van der Waals surface area contributed by atoms with Crippen molar-refractivity contribution in [2.24, 2.45) is 0 Å². The molecule has 3 heteroatoms. The molecule has 360 valence electrons. The summed E-state index contributed by atoms with van der Waals surface area (Å²) in [7, 11) is -2.83. The molecule has 0 unspecified atom stereocenters. The largest absolute Gasteiger partial charge is 0.310 e. The number of anilines is 3. The van der Waals surface area contributed by atoms with E-state index >= 15 is 0 Å². The molecule has 0 saturated carbocycles.